The second-order valence-corrected chi connectivity index (χ2v) is 5.38. The summed E-state index contributed by atoms with van der Waals surface area (Å²) in [6.45, 7) is 3.44. The lowest BCUT2D eigenvalue weighted by Gasteiger charge is -2.38. The van der Waals surface area contributed by atoms with Crippen molar-refractivity contribution in [3.05, 3.63) is 35.1 Å². The number of benzene rings is 1. The molecule has 1 aliphatic carbocycles. The molecular weight excluding hydrogens is 233 g/mol. The summed E-state index contributed by atoms with van der Waals surface area (Å²) in [5.41, 5.74) is 0.877. The highest BCUT2D eigenvalue weighted by atomic mass is 19.1. The van der Waals surface area contributed by atoms with E-state index in [0.717, 1.165) is 6.54 Å². The maximum atomic E-state index is 13.5. The minimum absolute atomic E-state index is 0.128. The van der Waals surface area contributed by atoms with E-state index in [2.05, 4.69) is 12.2 Å². The van der Waals surface area contributed by atoms with Gasteiger partial charge in [0.25, 0.3) is 0 Å². The van der Waals surface area contributed by atoms with Crippen LogP contribution in [-0.2, 0) is 6.54 Å². The molecule has 0 atom stereocenters. The van der Waals surface area contributed by atoms with Crippen LogP contribution in [-0.4, -0.2) is 17.6 Å². The predicted molar refractivity (Wildman–Crippen MR) is 67.0 cm³/mol. The van der Waals surface area contributed by atoms with Crippen LogP contribution in [0, 0.1) is 11.2 Å². The molecule has 3 nitrogen and oxygen atoms in total. The number of hydrogen-bond donors (Lipinski definition) is 2. The number of aromatic carboxylic acids is 1. The van der Waals surface area contributed by atoms with Gasteiger partial charge >= 0.3 is 5.97 Å². The van der Waals surface area contributed by atoms with Gasteiger partial charge in [-0.2, -0.15) is 0 Å². The Balaban J connectivity index is 1.95. The van der Waals surface area contributed by atoms with Gasteiger partial charge in [-0.3, -0.25) is 0 Å². The minimum Gasteiger partial charge on any atom is -0.478 e. The van der Waals surface area contributed by atoms with Gasteiger partial charge in [0.05, 0.1) is 5.56 Å². The van der Waals surface area contributed by atoms with E-state index in [1.807, 2.05) is 0 Å². The molecule has 1 fully saturated rings. The van der Waals surface area contributed by atoms with Crippen LogP contribution in [0.15, 0.2) is 18.2 Å². The van der Waals surface area contributed by atoms with Crippen LogP contribution in [0.2, 0.25) is 0 Å². The lowest BCUT2D eigenvalue weighted by atomic mass is 9.70. The van der Waals surface area contributed by atoms with Gasteiger partial charge < -0.3 is 10.4 Å². The standard InChI is InChI=1S/C14H18FNO2/c1-14(5-2-6-14)9-16-8-11-7-10(13(17)18)3-4-12(11)15/h3-4,7,16H,2,5-6,8-9H2,1H3,(H,17,18). The summed E-state index contributed by atoms with van der Waals surface area (Å²) >= 11 is 0. The summed E-state index contributed by atoms with van der Waals surface area (Å²) in [6.07, 6.45) is 3.68. The smallest absolute Gasteiger partial charge is 0.335 e. The van der Waals surface area contributed by atoms with E-state index in [9.17, 15) is 9.18 Å². The van der Waals surface area contributed by atoms with E-state index in [1.54, 1.807) is 0 Å². The summed E-state index contributed by atoms with van der Waals surface area (Å²) in [4.78, 5) is 10.8. The summed E-state index contributed by atoms with van der Waals surface area (Å²) in [7, 11) is 0. The molecule has 1 aromatic carbocycles. The fraction of sp³-hybridized carbons (Fsp3) is 0.500. The Hall–Kier alpha value is -1.42. The highest BCUT2D eigenvalue weighted by Crippen LogP contribution is 2.39. The molecule has 18 heavy (non-hydrogen) atoms. The largest absolute Gasteiger partial charge is 0.478 e. The Morgan fingerprint density at radius 1 is 1.50 bits per heavy atom. The zero-order valence-electron chi connectivity index (χ0n) is 10.5. The lowest BCUT2D eigenvalue weighted by molar-refractivity contribution is 0.0696. The van der Waals surface area contributed by atoms with Gasteiger partial charge in [-0.25, -0.2) is 9.18 Å². The van der Waals surface area contributed by atoms with E-state index >= 15 is 0 Å². The number of rotatable bonds is 5. The van der Waals surface area contributed by atoms with Gasteiger partial charge in [0, 0.05) is 18.7 Å². The Morgan fingerprint density at radius 3 is 2.78 bits per heavy atom. The van der Waals surface area contributed by atoms with E-state index in [1.165, 1.54) is 37.5 Å². The van der Waals surface area contributed by atoms with Crippen LogP contribution in [0.3, 0.4) is 0 Å². The minimum atomic E-state index is -1.03. The van der Waals surface area contributed by atoms with Crippen molar-refractivity contribution in [3.63, 3.8) is 0 Å². The first-order chi connectivity index (χ1) is 8.50. The number of carboxylic acids is 1. The third-order valence-electron chi connectivity index (χ3n) is 3.72. The Bertz CT molecular complexity index is 455. The van der Waals surface area contributed by atoms with Gasteiger partial charge in [-0.05, 0) is 36.5 Å². The number of carboxylic acid groups (broad SMARTS) is 1. The third-order valence-corrected chi connectivity index (χ3v) is 3.72. The van der Waals surface area contributed by atoms with Gasteiger partial charge in [-0.1, -0.05) is 13.3 Å². The summed E-state index contributed by atoms with van der Waals surface area (Å²) in [6, 6.07) is 3.90. The molecule has 0 radical (unpaired) electrons. The molecule has 2 rings (SSSR count). The Kier molecular flexibility index (Phi) is 3.66. The van der Waals surface area contributed by atoms with Gasteiger partial charge in [0.15, 0.2) is 0 Å². The Labute approximate surface area is 106 Å². The average Bonchev–Trinajstić information content (AvgIpc) is 2.29. The van der Waals surface area contributed by atoms with E-state index in [-0.39, 0.29) is 11.4 Å². The van der Waals surface area contributed by atoms with E-state index in [4.69, 9.17) is 5.11 Å². The van der Waals surface area contributed by atoms with Crippen molar-refractivity contribution < 1.29 is 14.3 Å². The molecule has 1 saturated carbocycles. The zero-order valence-corrected chi connectivity index (χ0v) is 10.5. The molecule has 0 aromatic heterocycles. The highest BCUT2D eigenvalue weighted by molar-refractivity contribution is 5.87. The first-order valence-corrected chi connectivity index (χ1v) is 6.23. The predicted octanol–water partition coefficient (Wildman–Crippen LogP) is 2.80. The van der Waals surface area contributed by atoms with Crippen molar-refractivity contribution >= 4 is 5.97 Å². The molecule has 98 valence electrons. The maximum Gasteiger partial charge on any atom is 0.335 e. The van der Waals surface area contributed by atoms with Gasteiger partial charge in [0.1, 0.15) is 5.82 Å². The molecular formula is C14H18FNO2. The van der Waals surface area contributed by atoms with Crippen molar-refractivity contribution in [2.45, 2.75) is 32.7 Å². The topological polar surface area (TPSA) is 49.3 Å². The maximum absolute atomic E-state index is 13.5. The molecule has 1 aromatic rings. The molecule has 0 unspecified atom stereocenters. The van der Waals surface area contributed by atoms with Crippen molar-refractivity contribution in [1.82, 2.24) is 5.32 Å². The summed E-state index contributed by atoms with van der Waals surface area (Å²) in [5, 5.41) is 12.1. The molecule has 0 spiro atoms. The molecule has 4 heteroatoms. The molecule has 0 saturated heterocycles. The van der Waals surface area contributed by atoms with Gasteiger partial charge in [0.2, 0.25) is 0 Å². The average molecular weight is 251 g/mol. The van der Waals surface area contributed by atoms with Crippen LogP contribution in [0.25, 0.3) is 0 Å². The van der Waals surface area contributed by atoms with Crippen LogP contribution in [0.4, 0.5) is 4.39 Å². The summed E-state index contributed by atoms with van der Waals surface area (Å²) < 4.78 is 13.5. The monoisotopic (exact) mass is 251 g/mol. The molecule has 0 aliphatic heterocycles. The molecule has 0 bridgehead atoms. The molecule has 2 N–H and O–H groups in total. The van der Waals surface area contributed by atoms with Gasteiger partial charge in [-0.15, -0.1) is 0 Å². The van der Waals surface area contributed by atoms with Crippen molar-refractivity contribution in [1.29, 1.82) is 0 Å². The van der Waals surface area contributed by atoms with E-state index in [0.29, 0.717) is 17.5 Å². The van der Waals surface area contributed by atoms with Crippen LogP contribution in [0.5, 0.6) is 0 Å². The van der Waals surface area contributed by atoms with Crippen LogP contribution in [0.1, 0.15) is 42.1 Å². The number of hydrogen-bond acceptors (Lipinski definition) is 2. The number of nitrogens with one attached hydrogen (secondary N) is 1. The molecule has 0 amide bonds. The van der Waals surface area contributed by atoms with Crippen molar-refractivity contribution in [2.75, 3.05) is 6.54 Å². The summed E-state index contributed by atoms with van der Waals surface area (Å²) in [5.74, 6) is -1.38. The number of halogens is 1. The fourth-order valence-electron chi connectivity index (χ4n) is 2.30. The first-order valence-electron chi connectivity index (χ1n) is 6.23. The van der Waals surface area contributed by atoms with Crippen LogP contribution < -0.4 is 5.32 Å². The Morgan fingerprint density at radius 2 is 2.22 bits per heavy atom. The second-order valence-electron chi connectivity index (χ2n) is 5.38. The van der Waals surface area contributed by atoms with Crippen LogP contribution >= 0.6 is 0 Å². The molecule has 1 aliphatic rings. The lowest BCUT2D eigenvalue weighted by Crippen LogP contribution is -2.37. The normalized spacial score (nSPS) is 17.2. The number of carbonyl (C=O) groups is 1. The fourth-order valence-corrected chi connectivity index (χ4v) is 2.30. The van der Waals surface area contributed by atoms with E-state index < -0.39 is 5.97 Å². The quantitative estimate of drug-likeness (QED) is 0.846. The highest BCUT2D eigenvalue weighted by Gasteiger charge is 2.30. The molecule has 0 heterocycles. The zero-order chi connectivity index (χ0) is 13.2. The third kappa shape index (κ3) is 2.88. The SMILES string of the molecule is CC1(CNCc2cc(C(=O)O)ccc2F)CCC1. The first kappa shape index (κ1) is 13.0. The van der Waals surface area contributed by atoms with Crippen molar-refractivity contribution in [3.8, 4) is 0 Å². The van der Waals surface area contributed by atoms with Crippen molar-refractivity contribution in [2.24, 2.45) is 5.41 Å². The second kappa shape index (κ2) is 5.06.